The summed E-state index contributed by atoms with van der Waals surface area (Å²) in [6, 6.07) is 0.0533. The summed E-state index contributed by atoms with van der Waals surface area (Å²) >= 11 is 0. The van der Waals surface area contributed by atoms with Gasteiger partial charge in [0.25, 0.3) is 0 Å². The van der Waals surface area contributed by atoms with E-state index in [0.717, 1.165) is 6.42 Å². The van der Waals surface area contributed by atoms with Gasteiger partial charge in [-0.25, -0.2) is 0 Å². The van der Waals surface area contributed by atoms with E-state index in [4.69, 9.17) is 16.2 Å². The molecule has 1 aromatic heterocycles. The third-order valence-corrected chi connectivity index (χ3v) is 2.30. The maximum Gasteiger partial charge on any atom is 0.322 e. The number of rotatable bonds is 9. The normalized spacial score (nSPS) is 10.0. The number of hydrogen-bond acceptors (Lipinski definition) is 8. The molecule has 1 rings (SSSR count). The molecular formula is C11H19N7O3. The summed E-state index contributed by atoms with van der Waals surface area (Å²) in [5.41, 5.74) is 10.3. The SMILES string of the molecule is CCCNc1nc(OC)nc(N(CC(N)=O)CC(N)=O)n1. The Morgan fingerprint density at radius 2 is 1.81 bits per heavy atom. The van der Waals surface area contributed by atoms with Gasteiger partial charge in [-0.3, -0.25) is 9.59 Å². The van der Waals surface area contributed by atoms with Gasteiger partial charge < -0.3 is 26.4 Å². The highest BCUT2D eigenvalue weighted by Gasteiger charge is 2.17. The molecule has 1 aromatic rings. The van der Waals surface area contributed by atoms with Crippen LogP contribution in [0.25, 0.3) is 0 Å². The largest absolute Gasteiger partial charge is 0.467 e. The van der Waals surface area contributed by atoms with Crippen LogP contribution in [0, 0.1) is 0 Å². The molecule has 1 heterocycles. The monoisotopic (exact) mass is 297 g/mol. The minimum atomic E-state index is -0.640. The summed E-state index contributed by atoms with van der Waals surface area (Å²) in [7, 11) is 1.40. The number of ether oxygens (including phenoxy) is 1. The Balaban J connectivity index is 3.08. The van der Waals surface area contributed by atoms with Crippen LogP contribution >= 0.6 is 0 Å². The van der Waals surface area contributed by atoms with Crippen molar-refractivity contribution in [3.8, 4) is 6.01 Å². The minimum Gasteiger partial charge on any atom is -0.467 e. The lowest BCUT2D eigenvalue weighted by Gasteiger charge is -2.20. The molecule has 0 aromatic carbocycles. The molecule has 2 amide bonds. The molecule has 0 radical (unpaired) electrons. The van der Waals surface area contributed by atoms with Gasteiger partial charge in [-0.1, -0.05) is 6.92 Å². The number of primary amides is 2. The number of methoxy groups -OCH3 is 1. The maximum atomic E-state index is 11.1. The summed E-state index contributed by atoms with van der Waals surface area (Å²) in [5, 5.41) is 2.97. The van der Waals surface area contributed by atoms with Gasteiger partial charge in [0.2, 0.25) is 23.7 Å². The lowest BCUT2D eigenvalue weighted by Crippen LogP contribution is -2.40. The lowest BCUT2D eigenvalue weighted by molar-refractivity contribution is -0.117. The highest BCUT2D eigenvalue weighted by molar-refractivity contribution is 5.84. The van der Waals surface area contributed by atoms with Crippen molar-refractivity contribution in [2.24, 2.45) is 11.5 Å². The van der Waals surface area contributed by atoms with Gasteiger partial charge in [0, 0.05) is 6.54 Å². The second-order valence-electron chi connectivity index (χ2n) is 4.16. The number of nitrogens with two attached hydrogens (primary N) is 2. The highest BCUT2D eigenvalue weighted by atomic mass is 16.5. The van der Waals surface area contributed by atoms with Crippen LogP contribution in [0.2, 0.25) is 0 Å². The van der Waals surface area contributed by atoms with E-state index >= 15 is 0 Å². The standard InChI is InChI=1S/C11H19N7O3/c1-3-4-14-9-15-10(17-11(16-9)21-2)18(5-7(12)19)6-8(13)20/h3-6H2,1-2H3,(H2,12,19)(H2,13,20)(H,14,15,16,17). The Kier molecular flexibility index (Phi) is 6.11. The lowest BCUT2D eigenvalue weighted by atomic mass is 10.4. The van der Waals surface area contributed by atoms with Crippen LogP contribution in [0.1, 0.15) is 13.3 Å². The van der Waals surface area contributed by atoms with E-state index in [2.05, 4.69) is 20.3 Å². The van der Waals surface area contributed by atoms with E-state index in [1.807, 2.05) is 6.92 Å². The van der Waals surface area contributed by atoms with E-state index < -0.39 is 11.8 Å². The first-order valence-corrected chi connectivity index (χ1v) is 6.31. The Morgan fingerprint density at radius 1 is 1.19 bits per heavy atom. The second-order valence-corrected chi connectivity index (χ2v) is 4.16. The van der Waals surface area contributed by atoms with Crippen LogP contribution in [0.3, 0.4) is 0 Å². The molecule has 0 atom stereocenters. The topological polar surface area (TPSA) is 149 Å². The summed E-state index contributed by atoms with van der Waals surface area (Å²) in [5.74, 6) is -0.923. The Hall–Kier alpha value is -2.65. The van der Waals surface area contributed by atoms with Gasteiger partial charge in [0.05, 0.1) is 7.11 Å². The molecule has 0 unspecified atom stereocenters. The van der Waals surface area contributed by atoms with Crippen molar-refractivity contribution in [2.75, 3.05) is 37.0 Å². The summed E-state index contributed by atoms with van der Waals surface area (Å²) in [4.78, 5) is 35.6. The summed E-state index contributed by atoms with van der Waals surface area (Å²) < 4.78 is 4.97. The maximum absolute atomic E-state index is 11.1. The first-order valence-electron chi connectivity index (χ1n) is 6.31. The number of anilines is 2. The van der Waals surface area contributed by atoms with Crippen LogP contribution < -0.4 is 26.4 Å². The molecule has 0 aliphatic heterocycles. The Labute approximate surface area is 121 Å². The first kappa shape index (κ1) is 16.4. The van der Waals surface area contributed by atoms with E-state index in [0.29, 0.717) is 6.54 Å². The second kappa shape index (κ2) is 7.82. The predicted molar refractivity (Wildman–Crippen MR) is 75.8 cm³/mol. The van der Waals surface area contributed by atoms with Gasteiger partial charge in [0.1, 0.15) is 13.1 Å². The Morgan fingerprint density at radius 3 is 2.29 bits per heavy atom. The number of carbonyl (C=O) groups is 2. The molecular weight excluding hydrogens is 278 g/mol. The van der Waals surface area contributed by atoms with Crippen molar-refractivity contribution in [3.63, 3.8) is 0 Å². The average molecular weight is 297 g/mol. The van der Waals surface area contributed by atoms with Crippen LogP contribution in [0.4, 0.5) is 11.9 Å². The molecule has 10 nitrogen and oxygen atoms in total. The molecule has 116 valence electrons. The van der Waals surface area contributed by atoms with Gasteiger partial charge >= 0.3 is 6.01 Å². The van der Waals surface area contributed by atoms with Crippen LogP contribution in [-0.4, -0.2) is 53.5 Å². The van der Waals surface area contributed by atoms with Crippen molar-refractivity contribution in [1.82, 2.24) is 15.0 Å². The molecule has 0 saturated carbocycles. The smallest absolute Gasteiger partial charge is 0.322 e. The van der Waals surface area contributed by atoms with Crippen LogP contribution in [-0.2, 0) is 9.59 Å². The fraction of sp³-hybridized carbons (Fsp3) is 0.545. The van der Waals surface area contributed by atoms with Gasteiger partial charge in [-0.15, -0.1) is 0 Å². The number of nitrogens with one attached hydrogen (secondary N) is 1. The van der Waals surface area contributed by atoms with E-state index in [1.54, 1.807) is 0 Å². The van der Waals surface area contributed by atoms with Crippen molar-refractivity contribution in [2.45, 2.75) is 13.3 Å². The number of aromatic nitrogens is 3. The zero-order valence-corrected chi connectivity index (χ0v) is 12.0. The summed E-state index contributed by atoms with van der Waals surface area (Å²) in [6.45, 7) is 2.14. The van der Waals surface area contributed by atoms with Crippen molar-refractivity contribution < 1.29 is 14.3 Å². The first-order chi connectivity index (χ1) is 9.96. The van der Waals surface area contributed by atoms with Crippen LogP contribution in [0.15, 0.2) is 0 Å². The number of hydrogen-bond donors (Lipinski definition) is 3. The molecule has 0 fully saturated rings. The van der Waals surface area contributed by atoms with Crippen molar-refractivity contribution in [3.05, 3.63) is 0 Å². The molecule has 0 bridgehead atoms. The predicted octanol–water partition coefficient (Wildman–Crippen LogP) is -1.52. The highest BCUT2D eigenvalue weighted by Crippen LogP contribution is 2.14. The van der Waals surface area contributed by atoms with E-state index in [9.17, 15) is 9.59 Å². The fourth-order valence-electron chi connectivity index (χ4n) is 1.47. The number of amides is 2. The van der Waals surface area contributed by atoms with Gasteiger partial charge in [-0.2, -0.15) is 15.0 Å². The molecule has 5 N–H and O–H groups in total. The van der Waals surface area contributed by atoms with E-state index in [-0.39, 0.29) is 31.0 Å². The van der Waals surface area contributed by atoms with Crippen molar-refractivity contribution >= 4 is 23.7 Å². The molecule has 10 heteroatoms. The molecule has 0 aliphatic carbocycles. The fourth-order valence-corrected chi connectivity index (χ4v) is 1.47. The molecule has 0 aliphatic rings. The third kappa shape index (κ3) is 5.47. The number of carbonyl (C=O) groups excluding carboxylic acids is 2. The quantitative estimate of drug-likeness (QED) is 0.497. The molecule has 21 heavy (non-hydrogen) atoms. The number of nitrogens with zero attached hydrogens (tertiary/aromatic N) is 4. The third-order valence-electron chi connectivity index (χ3n) is 2.30. The van der Waals surface area contributed by atoms with E-state index in [1.165, 1.54) is 12.0 Å². The zero-order chi connectivity index (χ0) is 15.8. The van der Waals surface area contributed by atoms with Crippen LogP contribution in [0.5, 0.6) is 6.01 Å². The Bertz CT molecular complexity index is 493. The average Bonchev–Trinajstić information content (AvgIpc) is 2.43. The molecule has 0 spiro atoms. The van der Waals surface area contributed by atoms with Gasteiger partial charge in [0.15, 0.2) is 0 Å². The summed E-state index contributed by atoms with van der Waals surface area (Å²) in [6.07, 6.45) is 0.871. The zero-order valence-electron chi connectivity index (χ0n) is 12.0. The molecule has 0 saturated heterocycles. The van der Waals surface area contributed by atoms with Gasteiger partial charge in [-0.05, 0) is 6.42 Å². The van der Waals surface area contributed by atoms with Crippen molar-refractivity contribution in [1.29, 1.82) is 0 Å². The minimum absolute atomic E-state index is 0.0533.